The molecule has 1 aliphatic rings. The molecule has 1 saturated heterocycles. The lowest BCUT2D eigenvalue weighted by atomic mass is 10.1. The maximum atomic E-state index is 9.19. The normalized spacial score (nSPS) is 15.6. The minimum Gasteiger partial charge on any atom is -0.383 e. The van der Waals surface area contributed by atoms with Crippen molar-refractivity contribution in [3.8, 4) is 12.1 Å². The summed E-state index contributed by atoms with van der Waals surface area (Å²) in [6.07, 6.45) is 1.99. The predicted molar refractivity (Wildman–Crippen MR) is 88.2 cm³/mol. The lowest BCUT2D eigenvalue weighted by Crippen LogP contribution is -2.18. The first kappa shape index (κ1) is 15.7. The fourth-order valence-corrected chi connectivity index (χ4v) is 2.80. The van der Waals surface area contributed by atoms with Crippen molar-refractivity contribution in [3.05, 3.63) is 52.2 Å². The van der Waals surface area contributed by atoms with Crippen molar-refractivity contribution in [2.24, 2.45) is 0 Å². The van der Waals surface area contributed by atoms with Crippen molar-refractivity contribution in [1.29, 1.82) is 10.5 Å². The molecule has 4 nitrogen and oxygen atoms in total. The summed E-state index contributed by atoms with van der Waals surface area (Å²) in [6.45, 7) is 5.47. The smallest absolute Gasteiger partial charge is 0.135 e. The number of nitriles is 2. The number of hydrogen-bond donors (Lipinski definition) is 0. The van der Waals surface area contributed by atoms with E-state index in [0.29, 0.717) is 13.1 Å². The lowest BCUT2D eigenvalue weighted by molar-refractivity contribution is 0.559. The first-order valence-corrected chi connectivity index (χ1v) is 7.18. The van der Waals surface area contributed by atoms with Gasteiger partial charge in [0.25, 0.3) is 0 Å². The van der Waals surface area contributed by atoms with Gasteiger partial charge in [-0.3, -0.25) is 0 Å². The summed E-state index contributed by atoms with van der Waals surface area (Å²) in [5.74, 6) is 0. The highest BCUT2D eigenvalue weighted by atomic mass is 15.2. The standard InChI is InChI=1S/C18H20N4/c1-13-5-14(2)7-17(6-13)22-11-16(10-21(3)4)18(12-22)15(8-19)9-20/h5-7,10H,11-12H2,1-4H3. The van der Waals surface area contributed by atoms with Crippen molar-refractivity contribution in [3.63, 3.8) is 0 Å². The second-order valence-corrected chi connectivity index (χ2v) is 5.90. The quantitative estimate of drug-likeness (QED) is 0.786. The fourth-order valence-electron chi connectivity index (χ4n) is 2.80. The third-order valence-electron chi connectivity index (χ3n) is 3.61. The monoisotopic (exact) mass is 292 g/mol. The highest BCUT2D eigenvalue weighted by Gasteiger charge is 2.25. The van der Waals surface area contributed by atoms with Gasteiger partial charge in [-0.1, -0.05) is 6.07 Å². The summed E-state index contributed by atoms with van der Waals surface area (Å²) in [5, 5.41) is 18.4. The highest BCUT2D eigenvalue weighted by molar-refractivity contribution is 5.62. The maximum Gasteiger partial charge on any atom is 0.135 e. The topological polar surface area (TPSA) is 54.1 Å². The number of hydrogen-bond acceptors (Lipinski definition) is 4. The van der Waals surface area contributed by atoms with Gasteiger partial charge in [0.2, 0.25) is 0 Å². The van der Waals surface area contributed by atoms with Gasteiger partial charge in [0.15, 0.2) is 0 Å². The number of aryl methyl sites for hydroxylation is 2. The van der Waals surface area contributed by atoms with E-state index in [1.54, 1.807) is 0 Å². The van der Waals surface area contributed by atoms with Gasteiger partial charge in [-0.05, 0) is 42.7 Å². The van der Waals surface area contributed by atoms with Crippen LogP contribution in [-0.2, 0) is 0 Å². The Morgan fingerprint density at radius 2 is 1.68 bits per heavy atom. The Labute approximate surface area is 132 Å². The van der Waals surface area contributed by atoms with Crippen molar-refractivity contribution >= 4 is 5.69 Å². The van der Waals surface area contributed by atoms with E-state index in [4.69, 9.17) is 0 Å². The van der Waals surface area contributed by atoms with E-state index >= 15 is 0 Å². The minimum absolute atomic E-state index is 0.208. The maximum absolute atomic E-state index is 9.19. The van der Waals surface area contributed by atoms with Gasteiger partial charge in [-0.25, -0.2) is 0 Å². The molecule has 0 atom stereocenters. The van der Waals surface area contributed by atoms with Crippen LogP contribution in [-0.4, -0.2) is 32.1 Å². The number of anilines is 1. The summed E-state index contributed by atoms with van der Waals surface area (Å²) in [6, 6.07) is 10.5. The Bertz CT molecular complexity index is 690. The molecule has 22 heavy (non-hydrogen) atoms. The molecule has 0 aromatic heterocycles. The SMILES string of the molecule is Cc1cc(C)cc(N2CC(=CN(C)C)C(=C(C#N)C#N)C2)c1. The van der Waals surface area contributed by atoms with Gasteiger partial charge in [0.1, 0.15) is 17.7 Å². The summed E-state index contributed by atoms with van der Waals surface area (Å²) in [4.78, 5) is 4.16. The average molecular weight is 292 g/mol. The molecule has 1 fully saturated rings. The van der Waals surface area contributed by atoms with E-state index in [-0.39, 0.29) is 5.57 Å². The van der Waals surface area contributed by atoms with Crippen LogP contribution in [0.5, 0.6) is 0 Å². The van der Waals surface area contributed by atoms with Crippen LogP contribution in [0.2, 0.25) is 0 Å². The van der Waals surface area contributed by atoms with Crippen molar-refractivity contribution < 1.29 is 0 Å². The second-order valence-electron chi connectivity index (χ2n) is 5.90. The molecule has 1 aromatic carbocycles. The predicted octanol–water partition coefficient (Wildman–Crippen LogP) is 2.91. The van der Waals surface area contributed by atoms with Gasteiger partial charge in [0.05, 0.1) is 0 Å². The molecule has 0 aliphatic carbocycles. The van der Waals surface area contributed by atoms with E-state index in [1.165, 1.54) is 11.1 Å². The third-order valence-corrected chi connectivity index (χ3v) is 3.61. The number of benzene rings is 1. The molecule has 0 N–H and O–H groups in total. The van der Waals surface area contributed by atoms with E-state index in [1.807, 2.05) is 37.3 Å². The van der Waals surface area contributed by atoms with E-state index < -0.39 is 0 Å². The van der Waals surface area contributed by atoms with E-state index in [9.17, 15) is 10.5 Å². The summed E-state index contributed by atoms with van der Waals surface area (Å²) < 4.78 is 0. The molecule has 0 saturated carbocycles. The van der Waals surface area contributed by atoms with Crippen molar-refractivity contribution in [2.75, 3.05) is 32.1 Å². The van der Waals surface area contributed by atoms with E-state index in [0.717, 1.165) is 16.8 Å². The fraction of sp³-hybridized carbons (Fsp3) is 0.333. The Morgan fingerprint density at radius 1 is 1.09 bits per heavy atom. The zero-order chi connectivity index (χ0) is 16.3. The number of nitrogens with zero attached hydrogens (tertiary/aromatic N) is 4. The molecule has 0 unspecified atom stereocenters. The van der Waals surface area contributed by atoms with Gasteiger partial charge >= 0.3 is 0 Å². The Morgan fingerprint density at radius 3 is 2.18 bits per heavy atom. The molecule has 112 valence electrons. The Balaban J connectivity index is 2.46. The molecule has 0 amide bonds. The van der Waals surface area contributed by atoms with Gasteiger partial charge in [-0.2, -0.15) is 10.5 Å². The van der Waals surface area contributed by atoms with Gasteiger partial charge in [0, 0.05) is 44.6 Å². The molecule has 4 heteroatoms. The summed E-state index contributed by atoms with van der Waals surface area (Å²) in [7, 11) is 3.89. The molecule has 1 heterocycles. The Hall–Kier alpha value is -2.72. The van der Waals surface area contributed by atoms with Crippen LogP contribution in [0.15, 0.2) is 41.1 Å². The molecule has 0 bridgehead atoms. The van der Waals surface area contributed by atoms with Crippen molar-refractivity contribution in [2.45, 2.75) is 13.8 Å². The largest absolute Gasteiger partial charge is 0.383 e. The molecular formula is C18H20N4. The molecule has 0 radical (unpaired) electrons. The van der Waals surface area contributed by atoms with Crippen LogP contribution in [0, 0.1) is 36.5 Å². The average Bonchev–Trinajstić information content (AvgIpc) is 2.82. The number of allylic oxidation sites excluding steroid dienone is 1. The zero-order valence-corrected chi connectivity index (χ0v) is 13.5. The first-order chi connectivity index (χ1) is 10.4. The van der Waals surface area contributed by atoms with Gasteiger partial charge < -0.3 is 9.80 Å². The van der Waals surface area contributed by atoms with Crippen LogP contribution in [0.1, 0.15) is 11.1 Å². The van der Waals surface area contributed by atoms with Crippen molar-refractivity contribution in [1.82, 2.24) is 4.90 Å². The Kier molecular flexibility index (Phi) is 4.53. The first-order valence-electron chi connectivity index (χ1n) is 7.18. The molecule has 1 aromatic rings. The second kappa shape index (κ2) is 6.37. The zero-order valence-electron chi connectivity index (χ0n) is 13.5. The minimum atomic E-state index is 0.208. The molecule has 0 spiro atoms. The summed E-state index contributed by atoms with van der Waals surface area (Å²) in [5.41, 5.74) is 5.63. The molecular weight excluding hydrogens is 272 g/mol. The van der Waals surface area contributed by atoms with Crippen LogP contribution >= 0.6 is 0 Å². The third kappa shape index (κ3) is 3.30. The molecule has 1 aliphatic heterocycles. The van der Waals surface area contributed by atoms with Crippen LogP contribution < -0.4 is 4.90 Å². The lowest BCUT2D eigenvalue weighted by Gasteiger charge is -2.18. The van der Waals surface area contributed by atoms with Gasteiger partial charge in [-0.15, -0.1) is 0 Å². The van der Waals surface area contributed by atoms with E-state index in [2.05, 4.69) is 36.9 Å². The van der Waals surface area contributed by atoms with Crippen LogP contribution in [0.3, 0.4) is 0 Å². The van der Waals surface area contributed by atoms with Crippen LogP contribution in [0.25, 0.3) is 0 Å². The van der Waals surface area contributed by atoms with Crippen LogP contribution in [0.4, 0.5) is 5.69 Å². The number of rotatable bonds is 2. The summed E-state index contributed by atoms with van der Waals surface area (Å²) >= 11 is 0. The molecule has 2 rings (SSSR count). The highest BCUT2D eigenvalue weighted by Crippen LogP contribution is 2.30.